The second kappa shape index (κ2) is 4.17. The molecule has 0 bridgehead atoms. The van der Waals surface area contributed by atoms with Gasteiger partial charge in [0.15, 0.2) is 5.78 Å². The van der Waals surface area contributed by atoms with Gasteiger partial charge in [-0.15, -0.1) is 0 Å². The third kappa shape index (κ3) is 2.38. The van der Waals surface area contributed by atoms with Crippen LogP contribution in [0.25, 0.3) is 0 Å². The molecule has 1 nitrogen and oxygen atoms in total. The summed E-state index contributed by atoms with van der Waals surface area (Å²) in [4.78, 5) is 11.6. The summed E-state index contributed by atoms with van der Waals surface area (Å²) in [6.07, 6.45) is 0.787. The lowest BCUT2D eigenvalue weighted by Gasteiger charge is -2.06. The number of carbonyl (C=O) groups excluding carboxylic acids is 1. The van der Waals surface area contributed by atoms with Crippen molar-refractivity contribution in [3.8, 4) is 0 Å². The van der Waals surface area contributed by atoms with Crippen LogP contribution < -0.4 is 0 Å². The lowest BCUT2D eigenvalue weighted by Crippen LogP contribution is -2.10. The Morgan fingerprint density at radius 2 is 2.23 bits per heavy atom. The van der Waals surface area contributed by atoms with Crippen LogP contribution in [0.15, 0.2) is 24.3 Å². The van der Waals surface area contributed by atoms with Gasteiger partial charge in [0.05, 0.1) is 0 Å². The molecule has 0 aromatic heterocycles. The molecule has 0 spiro atoms. The van der Waals surface area contributed by atoms with Crippen molar-refractivity contribution < 1.29 is 9.18 Å². The molecule has 1 rings (SSSR count). The molecule has 0 saturated heterocycles. The first-order valence-electron chi connectivity index (χ1n) is 4.45. The zero-order chi connectivity index (χ0) is 9.84. The van der Waals surface area contributed by atoms with Crippen LogP contribution in [0.3, 0.4) is 0 Å². The SMILES string of the molecule is CCC(C)C(=O)c1cccc(F)c1. The fourth-order valence-electron chi connectivity index (χ4n) is 1.11. The Balaban J connectivity index is 2.89. The molecule has 1 atom stereocenters. The highest BCUT2D eigenvalue weighted by Gasteiger charge is 2.12. The molecule has 13 heavy (non-hydrogen) atoms. The number of hydrogen-bond donors (Lipinski definition) is 0. The largest absolute Gasteiger partial charge is 0.294 e. The van der Waals surface area contributed by atoms with Crippen molar-refractivity contribution in [1.29, 1.82) is 0 Å². The van der Waals surface area contributed by atoms with Gasteiger partial charge in [0.1, 0.15) is 5.82 Å². The first-order chi connectivity index (χ1) is 6.15. The third-order valence-electron chi connectivity index (χ3n) is 2.17. The van der Waals surface area contributed by atoms with E-state index in [0.29, 0.717) is 5.56 Å². The van der Waals surface area contributed by atoms with Crippen LogP contribution in [0.4, 0.5) is 4.39 Å². The molecular formula is C11H13FO. The monoisotopic (exact) mass is 180 g/mol. The molecule has 0 N–H and O–H groups in total. The highest BCUT2D eigenvalue weighted by molar-refractivity contribution is 5.97. The Bertz CT molecular complexity index is 307. The van der Waals surface area contributed by atoms with E-state index in [9.17, 15) is 9.18 Å². The van der Waals surface area contributed by atoms with Crippen LogP contribution >= 0.6 is 0 Å². The lowest BCUT2D eigenvalue weighted by atomic mass is 9.97. The van der Waals surface area contributed by atoms with Gasteiger partial charge < -0.3 is 0 Å². The maximum Gasteiger partial charge on any atom is 0.165 e. The van der Waals surface area contributed by atoms with Gasteiger partial charge in [-0.2, -0.15) is 0 Å². The Labute approximate surface area is 77.6 Å². The van der Waals surface area contributed by atoms with Gasteiger partial charge in [-0.3, -0.25) is 4.79 Å². The van der Waals surface area contributed by atoms with E-state index < -0.39 is 0 Å². The van der Waals surface area contributed by atoms with Crippen molar-refractivity contribution in [1.82, 2.24) is 0 Å². The molecule has 0 amide bonds. The number of benzene rings is 1. The molecule has 1 unspecified atom stereocenters. The van der Waals surface area contributed by atoms with E-state index in [4.69, 9.17) is 0 Å². The third-order valence-corrected chi connectivity index (χ3v) is 2.17. The van der Waals surface area contributed by atoms with E-state index >= 15 is 0 Å². The average Bonchev–Trinajstić information content (AvgIpc) is 2.15. The van der Waals surface area contributed by atoms with Crippen LogP contribution in [-0.2, 0) is 0 Å². The number of ketones is 1. The number of halogens is 1. The van der Waals surface area contributed by atoms with Gasteiger partial charge in [-0.1, -0.05) is 26.0 Å². The van der Waals surface area contributed by atoms with Gasteiger partial charge in [-0.25, -0.2) is 4.39 Å². The van der Waals surface area contributed by atoms with Crippen molar-refractivity contribution in [3.05, 3.63) is 35.6 Å². The van der Waals surface area contributed by atoms with Crippen molar-refractivity contribution in [2.24, 2.45) is 5.92 Å². The molecule has 0 aliphatic rings. The normalized spacial score (nSPS) is 12.5. The van der Waals surface area contributed by atoms with Gasteiger partial charge in [0.2, 0.25) is 0 Å². The molecule has 0 fully saturated rings. The van der Waals surface area contributed by atoms with E-state index in [2.05, 4.69) is 0 Å². The smallest absolute Gasteiger partial charge is 0.165 e. The summed E-state index contributed by atoms with van der Waals surface area (Å²) in [5.41, 5.74) is 0.467. The summed E-state index contributed by atoms with van der Waals surface area (Å²) in [5, 5.41) is 0. The van der Waals surface area contributed by atoms with E-state index in [-0.39, 0.29) is 17.5 Å². The van der Waals surface area contributed by atoms with Crippen LogP contribution in [-0.4, -0.2) is 5.78 Å². The number of hydrogen-bond acceptors (Lipinski definition) is 1. The Kier molecular flexibility index (Phi) is 3.18. The fourth-order valence-corrected chi connectivity index (χ4v) is 1.11. The molecule has 0 aliphatic heterocycles. The summed E-state index contributed by atoms with van der Waals surface area (Å²) < 4.78 is 12.7. The zero-order valence-electron chi connectivity index (χ0n) is 7.88. The zero-order valence-corrected chi connectivity index (χ0v) is 7.88. The molecule has 0 heterocycles. The summed E-state index contributed by atoms with van der Waals surface area (Å²) in [6.45, 7) is 3.80. The maximum atomic E-state index is 12.7. The van der Waals surface area contributed by atoms with Crippen LogP contribution in [0.1, 0.15) is 30.6 Å². The first-order valence-corrected chi connectivity index (χ1v) is 4.45. The number of Topliss-reactive ketones (excluding diaryl/α,β-unsaturated/α-hetero) is 1. The van der Waals surface area contributed by atoms with Gasteiger partial charge in [-0.05, 0) is 18.6 Å². The van der Waals surface area contributed by atoms with E-state index in [1.54, 1.807) is 12.1 Å². The predicted molar refractivity (Wildman–Crippen MR) is 50.2 cm³/mol. The Hall–Kier alpha value is -1.18. The quantitative estimate of drug-likeness (QED) is 0.653. The predicted octanol–water partition coefficient (Wildman–Crippen LogP) is 3.05. The maximum absolute atomic E-state index is 12.7. The summed E-state index contributed by atoms with van der Waals surface area (Å²) in [7, 11) is 0. The molecule has 0 radical (unpaired) electrons. The first kappa shape index (κ1) is 9.90. The lowest BCUT2D eigenvalue weighted by molar-refractivity contribution is 0.0927. The summed E-state index contributed by atoms with van der Waals surface area (Å²) >= 11 is 0. The van der Waals surface area contributed by atoms with Crippen molar-refractivity contribution in [2.45, 2.75) is 20.3 Å². The minimum atomic E-state index is -0.353. The molecule has 0 aliphatic carbocycles. The minimum absolute atomic E-state index is 0.0157. The van der Waals surface area contributed by atoms with Crippen LogP contribution in [0.5, 0.6) is 0 Å². The molecule has 1 aromatic carbocycles. The fraction of sp³-hybridized carbons (Fsp3) is 0.364. The average molecular weight is 180 g/mol. The van der Waals surface area contributed by atoms with Crippen LogP contribution in [0.2, 0.25) is 0 Å². The Morgan fingerprint density at radius 1 is 1.54 bits per heavy atom. The van der Waals surface area contributed by atoms with Crippen LogP contribution in [0, 0.1) is 11.7 Å². The highest BCUT2D eigenvalue weighted by atomic mass is 19.1. The summed E-state index contributed by atoms with van der Waals surface area (Å²) in [5.74, 6) is -0.363. The van der Waals surface area contributed by atoms with E-state index in [0.717, 1.165) is 6.42 Å². The molecule has 1 aromatic rings. The van der Waals surface area contributed by atoms with Gasteiger partial charge in [0, 0.05) is 11.5 Å². The topological polar surface area (TPSA) is 17.1 Å². The van der Waals surface area contributed by atoms with Crippen molar-refractivity contribution in [2.75, 3.05) is 0 Å². The molecule has 70 valence electrons. The highest BCUT2D eigenvalue weighted by Crippen LogP contribution is 2.12. The molecule has 0 saturated carbocycles. The van der Waals surface area contributed by atoms with Gasteiger partial charge in [0.25, 0.3) is 0 Å². The summed E-state index contributed by atoms with van der Waals surface area (Å²) in [6, 6.07) is 5.84. The van der Waals surface area contributed by atoms with Gasteiger partial charge >= 0.3 is 0 Å². The van der Waals surface area contributed by atoms with Crippen molar-refractivity contribution in [3.63, 3.8) is 0 Å². The standard InChI is InChI=1S/C11H13FO/c1-3-8(2)11(13)9-5-4-6-10(12)7-9/h4-8H,3H2,1-2H3. The number of rotatable bonds is 3. The second-order valence-corrected chi connectivity index (χ2v) is 3.18. The molecule has 2 heteroatoms. The minimum Gasteiger partial charge on any atom is -0.294 e. The van der Waals surface area contributed by atoms with E-state index in [1.165, 1.54) is 12.1 Å². The second-order valence-electron chi connectivity index (χ2n) is 3.18. The molecular weight excluding hydrogens is 167 g/mol. The number of carbonyl (C=O) groups is 1. The van der Waals surface area contributed by atoms with E-state index in [1.807, 2.05) is 13.8 Å². The van der Waals surface area contributed by atoms with Crippen molar-refractivity contribution >= 4 is 5.78 Å². The Morgan fingerprint density at radius 3 is 2.77 bits per heavy atom.